The molecule has 1 aromatic carbocycles. The largest absolute Gasteiger partial charge is 0.478 e. The molecule has 2 N–H and O–H groups in total. The zero-order valence-electron chi connectivity index (χ0n) is 12.2. The number of hydrogen-bond donors (Lipinski definition) is 2. The number of carbonyl (C=O) groups is 2. The molecule has 1 aromatic rings. The second-order valence-corrected chi connectivity index (χ2v) is 5.65. The molecular formula is C17H21NO3. The van der Waals surface area contributed by atoms with Crippen LogP contribution in [0.3, 0.4) is 0 Å². The van der Waals surface area contributed by atoms with E-state index in [1.54, 1.807) is 24.3 Å². The summed E-state index contributed by atoms with van der Waals surface area (Å²) in [6.07, 6.45) is 7.05. The normalized spacial score (nSPS) is 22.1. The predicted octanol–water partition coefficient (Wildman–Crippen LogP) is 3.55. The van der Waals surface area contributed by atoms with E-state index in [0.29, 0.717) is 5.92 Å². The van der Waals surface area contributed by atoms with Crippen LogP contribution in [0.5, 0.6) is 0 Å². The molecule has 2 atom stereocenters. The Hall–Kier alpha value is -2.10. The summed E-state index contributed by atoms with van der Waals surface area (Å²) in [5.74, 6) is -0.337. The van der Waals surface area contributed by atoms with Gasteiger partial charge >= 0.3 is 5.97 Å². The van der Waals surface area contributed by atoms with Crippen LogP contribution in [0.2, 0.25) is 0 Å². The molecule has 1 amide bonds. The van der Waals surface area contributed by atoms with Crippen LogP contribution in [0.4, 0.5) is 5.69 Å². The molecular weight excluding hydrogens is 266 g/mol. The van der Waals surface area contributed by atoms with Crippen molar-refractivity contribution >= 4 is 23.6 Å². The SMILES string of the molecule is CC1CCCCC1C(=O)Nc1ccc(/C=C/C(=O)O)cc1. The average molecular weight is 287 g/mol. The average Bonchev–Trinajstić information content (AvgIpc) is 2.47. The topological polar surface area (TPSA) is 66.4 Å². The number of aliphatic carboxylic acids is 1. The Morgan fingerprint density at radius 3 is 2.48 bits per heavy atom. The molecule has 0 radical (unpaired) electrons. The fourth-order valence-electron chi connectivity index (χ4n) is 2.79. The van der Waals surface area contributed by atoms with Gasteiger partial charge in [0, 0.05) is 17.7 Å². The van der Waals surface area contributed by atoms with Crippen LogP contribution in [0.15, 0.2) is 30.3 Å². The van der Waals surface area contributed by atoms with Crippen molar-refractivity contribution in [2.45, 2.75) is 32.6 Å². The summed E-state index contributed by atoms with van der Waals surface area (Å²) in [7, 11) is 0. The predicted molar refractivity (Wildman–Crippen MR) is 82.9 cm³/mol. The Morgan fingerprint density at radius 1 is 1.19 bits per heavy atom. The van der Waals surface area contributed by atoms with Gasteiger partial charge < -0.3 is 10.4 Å². The van der Waals surface area contributed by atoms with Crippen molar-refractivity contribution in [2.24, 2.45) is 11.8 Å². The Kier molecular flexibility index (Phi) is 5.14. The lowest BCUT2D eigenvalue weighted by molar-refractivity contribution is -0.131. The lowest BCUT2D eigenvalue weighted by Gasteiger charge is -2.27. The molecule has 0 aliphatic heterocycles. The number of carbonyl (C=O) groups excluding carboxylic acids is 1. The highest BCUT2D eigenvalue weighted by Gasteiger charge is 2.27. The first-order chi connectivity index (χ1) is 10.1. The maximum atomic E-state index is 12.3. The zero-order chi connectivity index (χ0) is 15.2. The van der Waals surface area contributed by atoms with Gasteiger partial charge in [0.2, 0.25) is 5.91 Å². The maximum absolute atomic E-state index is 12.3. The minimum Gasteiger partial charge on any atom is -0.478 e. The van der Waals surface area contributed by atoms with Gasteiger partial charge in [-0.1, -0.05) is 31.9 Å². The Morgan fingerprint density at radius 2 is 1.86 bits per heavy atom. The van der Waals surface area contributed by atoms with Crippen LogP contribution < -0.4 is 5.32 Å². The first-order valence-electron chi connectivity index (χ1n) is 7.38. The van der Waals surface area contributed by atoms with Gasteiger partial charge in [-0.2, -0.15) is 0 Å². The number of nitrogens with one attached hydrogen (secondary N) is 1. The van der Waals surface area contributed by atoms with E-state index in [0.717, 1.165) is 36.6 Å². The van der Waals surface area contributed by atoms with Gasteiger partial charge in [-0.05, 0) is 42.5 Å². The Labute approximate surface area is 124 Å². The standard InChI is InChI=1S/C17H21NO3/c1-12-4-2-3-5-15(12)17(21)18-14-9-6-13(7-10-14)8-11-16(19)20/h6-12,15H,2-5H2,1H3,(H,18,21)(H,19,20)/b11-8+. The number of anilines is 1. The quantitative estimate of drug-likeness (QED) is 0.832. The van der Waals surface area contributed by atoms with Gasteiger partial charge in [-0.3, -0.25) is 4.79 Å². The van der Waals surface area contributed by atoms with Crippen LogP contribution >= 0.6 is 0 Å². The van der Waals surface area contributed by atoms with E-state index in [-0.39, 0.29) is 11.8 Å². The van der Waals surface area contributed by atoms with E-state index >= 15 is 0 Å². The number of carboxylic acids is 1. The second kappa shape index (κ2) is 7.07. The molecule has 112 valence electrons. The van der Waals surface area contributed by atoms with Crippen LogP contribution in [0, 0.1) is 11.8 Å². The molecule has 1 fully saturated rings. The Bertz CT molecular complexity index is 533. The first-order valence-corrected chi connectivity index (χ1v) is 7.38. The molecule has 0 aromatic heterocycles. The second-order valence-electron chi connectivity index (χ2n) is 5.65. The number of hydrogen-bond acceptors (Lipinski definition) is 2. The van der Waals surface area contributed by atoms with Crippen molar-refractivity contribution < 1.29 is 14.7 Å². The van der Waals surface area contributed by atoms with Gasteiger partial charge in [0.1, 0.15) is 0 Å². The lowest BCUT2D eigenvalue weighted by Crippen LogP contribution is -2.30. The van der Waals surface area contributed by atoms with Gasteiger partial charge in [-0.25, -0.2) is 4.79 Å². The number of amides is 1. The van der Waals surface area contributed by atoms with Crippen LogP contribution in [0.25, 0.3) is 6.08 Å². The summed E-state index contributed by atoms with van der Waals surface area (Å²) in [5, 5.41) is 11.5. The molecule has 4 nitrogen and oxygen atoms in total. The number of benzene rings is 1. The van der Waals surface area contributed by atoms with Crippen molar-refractivity contribution in [3.8, 4) is 0 Å². The van der Waals surface area contributed by atoms with E-state index in [9.17, 15) is 9.59 Å². The molecule has 2 rings (SSSR count). The summed E-state index contributed by atoms with van der Waals surface area (Å²) >= 11 is 0. The summed E-state index contributed by atoms with van der Waals surface area (Å²) in [6.45, 7) is 2.14. The summed E-state index contributed by atoms with van der Waals surface area (Å²) in [5.41, 5.74) is 1.55. The van der Waals surface area contributed by atoms with Gasteiger partial charge in [-0.15, -0.1) is 0 Å². The van der Waals surface area contributed by atoms with Crippen LogP contribution in [-0.4, -0.2) is 17.0 Å². The van der Waals surface area contributed by atoms with Crippen molar-refractivity contribution in [3.63, 3.8) is 0 Å². The van der Waals surface area contributed by atoms with Gasteiger partial charge in [0.05, 0.1) is 0 Å². The molecule has 1 saturated carbocycles. The highest BCUT2D eigenvalue weighted by Crippen LogP contribution is 2.30. The molecule has 0 spiro atoms. The zero-order valence-corrected chi connectivity index (χ0v) is 12.2. The molecule has 4 heteroatoms. The van der Waals surface area contributed by atoms with E-state index in [1.807, 2.05) is 0 Å². The third-order valence-corrected chi connectivity index (χ3v) is 4.04. The minimum absolute atomic E-state index is 0.0935. The highest BCUT2D eigenvalue weighted by molar-refractivity contribution is 5.93. The smallest absolute Gasteiger partial charge is 0.328 e. The monoisotopic (exact) mass is 287 g/mol. The molecule has 2 unspecified atom stereocenters. The molecule has 21 heavy (non-hydrogen) atoms. The van der Waals surface area contributed by atoms with Gasteiger partial charge in [0.15, 0.2) is 0 Å². The van der Waals surface area contributed by atoms with E-state index in [2.05, 4.69) is 12.2 Å². The van der Waals surface area contributed by atoms with Crippen molar-refractivity contribution in [2.75, 3.05) is 5.32 Å². The maximum Gasteiger partial charge on any atom is 0.328 e. The van der Waals surface area contributed by atoms with Crippen molar-refractivity contribution in [3.05, 3.63) is 35.9 Å². The summed E-state index contributed by atoms with van der Waals surface area (Å²) < 4.78 is 0. The minimum atomic E-state index is -0.973. The molecule has 0 heterocycles. The summed E-state index contributed by atoms with van der Waals surface area (Å²) in [6, 6.07) is 7.18. The van der Waals surface area contributed by atoms with E-state index < -0.39 is 5.97 Å². The fraction of sp³-hybridized carbons (Fsp3) is 0.412. The van der Waals surface area contributed by atoms with E-state index in [4.69, 9.17) is 5.11 Å². The molecule has 0 saturated heterocycles. The summed E-state index contributed by atoms with van der Waals surface area (Å²) in [4.78, 5) is 22.7. The van der Waals surface area contributed by atoms with Gasteiger partial charge in [0.25, 0.3) is 0 Å². The number of carboxylic acid groups (broad SMARTS) is 1. The number of rotatable bonds is 4. The lowest BCUT2D eigenvalue weighted by atomic mass is 9.80. The fourth-order valence-corrected chi connectivity index (χ4v) is 2.79. The van der Waals surface area contributed by atoms with Crippen LogP contribution in [0.1, 0.15) is 38.2 Å². The first kappa shape index (κ1) is 15.3. The molecule has 0 bridgehead atoms. The van der Waals surface area contributed by atoms with Crippen LogP contribution in [-0.2, 0) is 9.59 Å². The Balaban J connectivity index is 1.96. The highest BCUT2D eigenvalue weighted by atomic mass is 16.4. The van der Waals surface area contributed by atoms with Crippen molar-refractivity contribution in [1.82, 2.24) is 0 Å². The third-order valence-electron chi connectivity index (χ3n) is 4.04. The third kappa shape index (κ3) is 4.45. The molecule has 1 aliphatic carbocycles. The van der Waals surface area contributed by atoms with E-state index in [1.165, 1.54) is 12.5 Å². The molecule has 1 aliphatic rings. The van der Waals surface area contributed by atoms with Crippen molar-refractivity contribution in [1.29, 1.82) is 0 Å².